The van der Waals surface area contributed by atoms with Gasteiger partial charge in [-0.05, 0) is 0 Å². The molecule has 0 aliphatic carbocycles. The van der Waals surface area contributed by atoms with Crippen LogP contribution in [0.1, 0.15) is 1.43 Å². The molecule has 90 valence electrons. The maximum absolute atomic E-state index is 8.88. The van der Waals surface area contributed by atoms with Crippen molar-refractivity contribution in [3.05, 3.63) is 0 Å². The van der Waals surface area contributed by atoms with Gasteiger partial charge in [-0.2, -0.15) is 0 Å². The van der Waals surface area contributed by atoms with Gasteiger partial charge in [-0.25, -0.2) is 4.57 Å². The summed E-state index contributed by atoms with van der Waals surface area (Å²) in [5, 5.41) is 0. The average molecular weight is 264 g/mol. The zero-order valence-electron chi connectivity index (χ0n) is 7.70. The first-order valence-corrected chi connectivity index (χ1v) is 2.35. The van der Waals surface area contributed by atoms with E-state index in [0.29, 0.717) is 0 Å². The van der Waals surface area contributed by atoms with E-state index in [-0.39, 0.29) is 91.1 Å². The van der Waals surface area contributed by atoms with Crippen LogP contribution in [0.3, 0.4) is 0 Å². The Balaban J connectivity index is -0.00000000222. The normalized spacial score (nSPS) is 4.54. The second kappa shape index (κ2) is 37.5. The van der Waals surface area contributed by atoms with E-state index in [4.69, 9.17) is 19.2 Å². The van der Waals surface area contributed by atoms with Gasteiger partial charge >= 0.3 is 59.2 Å². The fraction of sp³-hybridized carbons (Fsp3) is 0. The fourth-order valence-electron chi connectivity index (χ4n) is 0. The minimum Gasteiger partial charge on any atom is -1.00 e. The van der Waals surface area contributed by atoms with Crippen LogP contribution in [0.15, 0.2) is 0 Å². The van der Waals surface area contributed by atoms with Crippen LogP contribution in [0, 0.1) is 0 Å². The molecule has 0 saturated heterocycles. The Hall–Kier alpha value is 1.47. The van der Waals surface area contributed by atoms with Crippen LogP contribution in [0.5, 0.6) is 0 Å². The molecule has 0 amide bonds. The second-order valence-electron chi connectivity index (χ2n) is 0.513. The predicted molar refractivity (Wildman–Crippen MR) is 40.7 cm³/mol. The summed E-state index contributed by atoms with van der Waals surface area (Å²) in [5.41, 5.74) is 0. The summed E-state index contributed by atoms with van der Waals surface area (Å²) in [7, 11) is -4.64. The molecule has 0 bridgehead atoms. The van der Waals surface area contributed by atoms with Crippen molar-refractivity contribution in [1.82, 2.24) is 0 Å². The summed E-state index contributed by atoms with van der Waals surface area (Å²) in [6.07, 6.45) is 0. The SMILES string of the molecule is O.O.O.O.O.O.O.O=P(O)(O)O.[H-].[K+]. The van der Waals surface area contributed by atoms with Gasteiger partial charge in [0.05, 0.1) is 0 Å². The van der Waals surface area contributed by atoms with Gasteiger partial charge < -0.3 is 54.4 Å². The molecule has 0 radical (unpaired) electrons. The van der Waals surface area contributed by atoms with Crippen molar-refractivity contribution in [2.45, 2.75) is 0 Å². The van der Waals surface area contributed by atoms with E-state index in [2.05, 4.69) is 0 Å². The molecular formula is H18KO11P. The average Bonchev–Trinajstić information content (AvgIpc) is 0.722. The number of hydrogen-bond donors (Lipinski definition) is 3. The van der Waals surface area contributed by atoms with Gasteiger partial charge in [0.25, 0.3) is 0 Å². The Morgan fingerprint density at radius 3 is 0.692 bits per heavy atom. The molecule has 11 nitrogen and oxygen atoms in total. The molecule has 0 aromatic carbocycles. The largest absolute Gasteiger partial charge is 1.00 e. The van der Waals surface area contributed by atoms with Gasteiger partial charge in [0.15, 0.2) is 0 Å². The van der Waals surface area contributed by atoms with Gasteiger partial charge in [-0.15, -0.1) is 0 Å². The molecule has 0 atom stereocenters. The minimum absolute atomic E-state index is 0. The molecule has 13 heteroatoms. The Bertz CT molecular complexity index is 61.4. The first-order chi connectivity index (χ1) is 2.00. The third-order valence-electron chi connectivity index (χ3n) is 0. The Labute approximate surface area is 117 Å². The number of hydrogen-bond acceptors (Lipinski definition) is 1. The van der Waals surface area contributed by atoms with Crippen LogP contribution in [-0.2, 0) is 4.57 Å². The maximum Gasteiger partial charge on any atom is 1.00 e. The van der Waals surface area contributed by atoms with E-state index in [1.165, 1.54) is 0 Å². The smallest absolute Gasteiger partial charge is 1.00 e. The third kappa shape index (κ3) is 823. The molecule has 0 aromatic rings. The van der Waals surface area contributed by atoms with Crippen molar-refractivity contribution in [3.63, 3.8) is 0 Å². The first-order valence-electron chi connectivity index (χ1n) is 0.783. The van der Waals surface area contributed by atoms with Crippen molar-refractivity contribution >= 4 is 7.82 Å². The van der Waals surface area contributed by atoms with E-state index in [1.807, 2.05) is 0 Å². The summed E-state index contributed by atoms with van der Waals surface area (Å²) in [6, 6.07) is 0. The zero-order valence-corrected chi connectivity index (χ0v) is 10.7. The van der Waals surface area contributed by atoms with E-state index in [9.17, 15) is 0 Å². The van der Waals surface area contributed by atoms with Crippen LogP contribution in [0.4, 0.5) is 0 Å². The molecule has 0 aromatic heterocycles. The molecule has 0 aliphatic heterocycles. The molecule has 0 spiro atoms. The van der Waals surface area contributed by atoms with Crippen LogP contribution in [0.25, 0.3) is 0 Å². The van der Waals surface area contributed by atoms with E-state index >= 15 is 0 Å². The third-order valence-corrected chi connectivity index (χ3v) is 0. The Morgan fingerprint density at radius 1 is 0.692 bits per heavy atom. The molecule has 17 N–H and O–H groups in total. The predicted octanol–water partition coefficient (Wildman–Crippen LogP) is -9.58. The summed E-state index contributed by atoms with van der Waals surface area (Å²) in [4.78, 5) is 21.6. The standard InChI is InChI=1S/K.H3O4P.7H2O.H/c;1-5(2,3)4;;;;;;;;/h;(H3,1,2,3,4);7*1H2;/q+1;;;;;;;;;-1. The first kappa shape index (κ1) is 87.8. The summed E-state index contributed by atoms with van der Waals surface area (Å²) < 4.78 is 8.88. The van der Waals surface area contributed by atoms with Gasteiger partial charge in [0, 0.05) is 0 Å². The second-order valence-corrected chi connectivity index (χ2v) is 1.54. The maximum atomic E-state index is 8.88. The number of rotatable bonds is 0. The molecule has 0 aliphatic rings. The van der Waals surface area contributed by atoms with Crippen LogP contribution < -0.4 is 51.4 Å². The molecule has 0 heterocycles. The summed E-state index contributed by atoms with van der Waals surface area (Å²) >= 11 is 0. The van der Waals surface area contributed by atoms with E-state index < -0.39 is 7.82 Å². The molecular weight excluding hydrogens is 246 g/mol. The van der Waals surface area contributed by atoms with Gasteiger partial charge in [0.2, 0.25) is 0 Å². The number of phosphoric acid groups is 1. The molecule has 13 heavy (non-hydrogen) atoms. The van der Waals surface area contributed by atoms with Crippen molar-refractivity contribution in [1.29, 1.82) is 0 Å². The van der Waals surface area contributed by atoms with E-state index in [0.717, 1.165) is 0 Å². The van der Waals surface area contributed by atoms with Crippen molar-refractivity contribution < 1.29 is 110 Å². The Kier molecular flexibility index (Phi) is 254. The van der Waals surface area contributed by atoms with E-state index in [1.54, 1.807) is 0 Å². The molecule has 0 saturated carbocycles. The van der Waals surface area contributed by atoms with Gasteiger partial charge in [0.1, 0.15) is 0 Å². The summed E-state index contributed by atoms with van der Waals surface area (Å²) in [6.45, 7) is 0. The Morgan fingerprint density at radius 2 is 0.692 bits per heavy atom. The van der Waals surface area contributed by atoms with Crippen molar-refractivity contribution in [2.24, 2.45) is 0 Å². The fourth-order valence-corrected chi connectivity index (χ4v) is 0. The zero-order chi connectivity index (χ0) is 4.50. The molecule has 0 rings (SSSR count). The molecule has 0 unspecified atom stereocenters. The topological polar surface area (TPSA) is 298 Å². The van der Waals surface area contributed by atoms with Crippen LogP contribution in [-0.4, -0.2) is 53.0 Å². The van der Waals surface area contributed by atoms with Crippen LogP contribution >= 0.6 is 7.82 Å². The molecule has 0 fully saturated rings. The van der Waals surface area contributed by atoms with Crippen molar-refractivity contribution in [3.8, 4) is 0 Å². The van der Waals surface area contributed by atoms with Gasteiger partial charge in [-0.3, -0.25) is 0 Å². The van der Waals surface area contributed by atoms with Crippen molar-refractivity contribution in [2.75, 3.05) is 0 Å². The minimum atomic E-state index is -4.64. The van der Waals surface area contributed by atoms with Gasteiger partial charge in [-0.1, -0.05) is 0 Å². The quantitative estimate of drug-likeness (QED) is 0.283. The summed E-state index contributed by atoms with van der Waals surface area (Å²) in [5.74, 6) is 0. The monoisotopic (exact) mass is 264 g/mol. The van der Waals surface area contributed by atoms with Crippen LogP contribution in [0.2, 0.25) is 0 Å².